The lowest BCUT2D eigenvalue weighted by Crippen LogP contribution is -2.49. The Kier molecular flexibility index (Phi) is 2.73. The third-order valence-corrected chi connectivity index (χ3v) is 2.38. The highest BCUT2D eigenvalue weighted by Crippen LogP contribution is 2.32. The van der Waals surface area contributed by atoms with Gasteiger partial charge in [0.25, 0.3) is 0 Å². The average Bonchev–Trinajstić information content (AvgIpc) is 2.13. The number of halogens is 1. The van der Waals surface area contributed by atoms with Gasteiger partial charge in [0, 0.05) is 7.11 Å². The fraction of sp³-hybridized carbons (Fsp3) is 0.556. The Bertz CT molecular complexity index is 262. The molecule has 0 fully saturated rings. The first-order valence-corrected chi connectivity index (χ1v) is 3.99. The molecule has 13 heavy (non-hydrogen) atoms. The van der Waals surface area contributed by atoms with E-state index in [2.05, 4.69) is 0 Å². The summed E-state index contributed by atoms with van der Waals surface area (Å²) in [7, 11) is 2.88. The molecule has 2 N–H and O–H groups in total. The molecule has 1 rings (SSSR count). The van der Waals surface area contributed by atoms with E-state index < -0.39 is 17.5 Å². The minimum absolute atomic E-state index is 0.144. The van der Waals surface area contributed by atoms with Crippen LogP contribution in [0, 0.1) is 0 Å². The zero-order chi connectivity index (χ0) is 10.1. The summed E-state index contributed by atoms with van der Waals surface area (Å²) >= 11 is 0. The summed E-state index contributed by atoms with van der Waals surface area (Å²) in [6.45, 7) is 1.69. The average molecular weight is 187 g/mol. The molecule has 0 amide bonds. The molecule has 0 aromatic rings. The van der Waals surface area contributed by atoms with Crippen molar-refractivity contribution in [3.05, 3.63) is 23.7 Å². The Balaban J connectivity index is 3.12. The molecule has 0 saturated carbocycles. The van der Waals surface area contributed by atoms with Crippen LogP contribution < -0.4 is 5.73 Å². The molecule has 0 aromatic carbocycles. The summed E-state index contributed by atoms with van der Waals surface area (Å²) in [5.74, 6) is -0.293. The van der Waals surface area contributed by atoms with Gasteiger partial charge in [-0.05, 0) is 13.0 Å². The van der Waals surface area contributed by atoms with Crippen molar-refractivity contribution >= 4 is 0 Å². The third kappa shape index (κ3) is 1.47. The lowest BCUT2D eigenvalue weighted by atomic mass is 9.90. The van der Waals surface area contributed by atoms with Gasteiger partial charge in [0.05, 0.1) is 13.2 Å². The predicted octanol–water partition coefficient (Wildman–Crippen LogP) is 1.12. The van der Waals surface area contributed by atoms with E-state index >= 15 is 0 Å². The van der Waals surface area contributed by atoms with Crippen LogP contribution in [-0.4, -0.2) is 25.9 Å². The summed E-state index contributed by atoms with van der Waals surface area (Å²) in [5, 5.41) is 0. The van der Waals surface area contributed by atoms with Crippen molar-refractivity contribution in [2.75, 3.05) is 14.2 Å². The summed E-state index contributed by atoms with van der Waals surface area (Å²) < 4.78 is 23.3. The maximum atomic E-state index is 13.2. The van der Waals surface area contributed by atoms with Gasteiger partial charge < -0.3 is 15.2 Å². The third-order valence-electron chi connectivity index (χ3n) is 2.38. The highest BCUT2D eigenvalue weighted by molar-refractivity contribution is 5.32. The molecule has 2 atom stereocenters. The second kappa shape index (κ2) is 3.47. The number of methoxy groups -OCH3 is 2. The van der Waals surface area contributed by atoms with Crippen LogP contribution in [-0.2, 0) is 9.47 Å². The quantitative estimate of drug-likeness (QED) is 0.704. The maximum absolute atomic E-state index is 13.2. The van der Waals surface area contributed by atoms with Crippen LogP contribution in [0.15, 0.2) is 23.7 Å². The fourth-order valence-electron chi connectivity index (χ4n) is 1.36. The first-order valence-electron chi connectivity index (χ1n) is 3.99. The van der Waals surface area contributed by atoms with Gasteiger partial charge in [-0.1, -0.05) is 6.08 Å². The van der Waals surface area contributed by atoms with E-state index in [1.54, 1.807) is 13.0 Å². The SMILES string of the molecule is COC1=C(F)C=CC(N)C1(C)OC. The monoisotopic (exact) mass is 187 g/mol. The fourth-order valence-corrected chi connectivity index (χ4v) is 1.36. The van der Waals surface area contributed by atoms with E-state index in [0.717, 1.165) is 0 Å². The van der Waals surface area contributed by atoms with Crippen LogP contribution in [0.3, 0.4) is 0 Å². The molecule has 1 aliphatic rings. The molecule has 3 nitrogen and oxygen atoms in total. The standard InChI is InChI=1S/C9H14FNO2/c1-9(13-3)7(11)5-4-6(10)8(9)12-2/h4-5,7H,11H2,1-3H3. The van der Waals surface area contributed by atoms with Gasteiger partial charge in [0.1, 0.15) is 5.60 Å². The van der Waals surface area contributed by atoms with Crippen molar-refractivity contribution in [2.45, 2.75) is 18.6 Å². The van der Waals surface area contributed by atoms with Crippen molar-refractivity contribution in [2.24, 2.45) is 5.73 Å². The lowest BCUT2D eigenvalue weighted by Gasteiger charge is -2.35. The maximum Gasteiger partial charge on any atom is 0.165 e. The number of allylic oxidation sites excluding steroid dienone is 2. The molecule has 0 heterocycles. The van der Waals surface area contributed by atoms with Gasteiger partial charge in [-0.25, -0.2) is 4.39 Å². The van der Waals surface area contributed by atoms with Gasteiger partial charge >= 0.3 is 0 Å². The molecule has 0 saturated heterocycles. The highest BCUT2D eigenvalue weighted by atomic mass is 19.1. The number of nitrogens with two attached hydrogens (primary N) is 1. The minimum atomic E-state index is -0.909. The summed E-state index contributed by atoms with van der Waals surface area (Å²) in [6, 6.07) is -0.396. The molecule has 0 bridgehead atoms. The molecular weight excluding hydrogens is 173 g/mol. The van der Waals surface area contributed by atoms with E-state index in [-0.39, 0.29) is 5.76 Å². The van der Waals surface area contributed by atoms with Gasteiger partial charge in [-0.3, -0.25) is 0 Å². The molecule has 0 radical (unpaired) electrons. The van der Waals surface area contributed by atoms with Crippen LogP contribution in [0.25, 0.3) is 0 Å². The van der Waals surface area contributed by atoms with Gasteiger partial charge in [-0.2, -0.15) is 0 Å². The minimum Gasteiger partial charge on any atom is -0.495 e. The first kappa shape index (κ1) is 10.2. The summed E-state index contributed by atoms with van der Waals surface area (Å²) in [6.07, 6.45) is 2.85. The van der Waals surface area contributed by atoms with Crippen LogP contribution in [0.4, 0.5) is 4.39 Å². The lowest BCUT2D eigenvalue weighted by molar-refractivity contribution is -0.0189. The van der Waals surface area contributed by atoms with E-state index in [4.69, 9.17) is 15.2 Å². The summed E-state index contributed by atoms with van der Waals surface area (Å²) in [5.41, 5.74) is 4.85. The van der Waals surface area contributed by atoms with Crippen LogP contribution in [0.2, 0.25) is 0 Å². The van der Waals surface area contributed by atoms with Crippen molar-refractivity contribution in [1.82, 2.24) is 0 Å². The van der Waals surface area contributed by atoms with Crippen molar-refractivity contribution < 1.29 is 13.9 Å². The smallest absolute Gasteiger partial charge is 0.165 e. The second-order valence-corrected chi connectivity index (χ2v) is 3.08. The highest BCUT2D eigenvalue weighted by Gasteiger charge is 2.40. The van der Waals surface area contributed by atoms with Gasteiger partial charge in [0.2, 0.25) is 0 Å². The molecule has 0 aromatic heterocycles. The van der Waals surface area contributed by atoms with E-state index in [9.17, 15) is 4.39 Å². The molecule has 4 heteroatoms. The van der Waals surface area contributed by atoms with E-state index in [0.29, 0.717) is 0 Å². The molecule has 0 spiro atoms. The molecule has 1 aliphatic carbocycles. The molecule has 74 valence electrons. The van der Waals surface area contributed by atoms with Crippen molar-refractivity contribution in [3.8, 4) is 0 Å². The largest absolute Gasteiger partial charge is 0.495 e. The van der Waals surface area contributed by atoms with Crippen LogP contribution in [0.1, 0.15) is 6.92 Å². The Morgan fingerprint density at radius 1 is 1.54 bits per heavy atom. The first-order chi connectivity index (χ1) is 6.06. The Hall–Kier alpha value is -0.870. The molecular formula is C9H14FNO2. The van der Waals surface area contributed by atoms with Crippen molar-refractivity contribution in [1.29, 1.82) is 0 Å². The number of ether oxygens (including phenoxy) is 2. The zero-order valence-corrected chi connectivity index (χ0v) is 8.00. The van der Waals surface area contributed by atoms with Crippen LogP contribution in [0.5, 0.6) is 0 Å². The van der Waals surface area contributed by atoms with Gasteiger partial charge in [-0.15, -0.1) is 0 Å². The Morgan fingerprint density at radius 3 is 2.54 bits per heavy atom. The van der Waals surface area contributed by atoms with E-state index in [1.807, 2.05) is 0 Å². The zero-order valence-electron chi connectivity index (χ0n) is 8.00. The molecule has 0 aliphatic heterocycles. The molecule has 2 unspecified atom stereocenters. The normalized spacial score (nSPS) is 33.8. The summed E-state index contributed by atoms with van der Waals surface area (Å²) in [4.78, 5) is 0. The second-order valence-electron chi connectivity index (χ2n) is 3.08. The topological polar surface area (TPSA) is 44.5 Å². The Labute approximate surface area is 77.0 Å². The van der Waals surface area contributed by atoms with Crippen molar-refractivity contribution in [3.63, 3.8) is 0 Å². The number of rotatable bonds is 2. The van der Waals surface area contributed by atoms with Gasteiger partial charge in [0.15, 0.2) is 11.6 Å². The van der Waals surface area contributed by atoms with E-state index in [1.165, 1.54) is 20.3 Å². The predicted molar refractivity (Wildman–Crippen MR) is 47.7 cm³/mol. The van der Waals surface area contributed by atoms with Crippen LogP contribution >= 0.6 is 0 Å². The Morgan fingerprint density at radius 2 is 2.15 bits per heavy atom. The number of hydrogen-bond acceptors (Lipinski definition) is 3. The number of hydrogen-bond donors (Lipinski definition) is 1.